The van der Waals surface area contributed by atoms with Gasteiger partial charge in [-0.15, -0.1) is 10.2 Å². The number of nitrogens with zero attached hydrogens (tertiary/aromatic N) is 3. The number of carboxylic acids is 1. The third kappa shape index (κ3) is 2.94. The predicted octanol–water partition coefficient (Wildman–Crippen LogP) is 2.21. The third-order valence-corrected chi connectivity index (χ3v) is 3.28. The second kappa shape index (κ2) is 5.70. The molecule has 0 spiro atoms. The molecule has 20 heavy (non-hydrogen) atoms. The van der Waals surface area contributed by atoms with Gasteiger partial charge in [0.15, 0.2) is 0 Å². The van der Waals surface area contributed by atoms with Gasteiger partial charge < -0.3 is 9.52 Å². The van der Waals surface area contributed by atoms with Crippen molar-refractivity contribution in [2.75, 3.05) is 0 Å². The number of thioether (sulfide) groups is 1. The number of hydrogen-bond donors (Lipinski definition) is 1. The fraction of sp³-hybridized carbons (Fsp3) is 0.182. The largest absolute Gasteiger partial charge is 0.480 e. The summed E-state index contributed by atoms with van der Waals surface area (Å²) in [5.41, 5.74) is 0.0406. The Morgan fingerprint density at radius 1 is 1.45 bits per heavy atom. The summed E-state index contributed by atoms with van der Waals surface area (Å²) in [5.74, 6) is -1.03. The molecule has 0 aliphatic carbocycles. The average molecular weight is 295 g/mol. The highest BCUT2D eigenvalue weighted by Crippen LogP contribution is 2.31. The van der Waals surface area contributed by atoms with E-state index >= 15 is 0 Å². The number of rotatable bonds is 5. The number of benzene rings is 1. The molecule has 2 aromatic rings. The zero-order chi connectivity index (χ0) is 14.7. The van der Waals surface area contributed by atoms with E-state index in [-0.39, 0.29) is 22.4 Å². The number of nitro groups is 1. The van der Waals surface area contributed by atoms with Gasteiger partial charge in [-0.1, -0.05) is 23.9 Å². The SMILES string of the molecule is CC(Sc1nnc(-c2ccccc2[N+](=O)[O-])o1)C(=O)O. The molecule has 0 saturated heterocycles. The first-order valence-corrected chi connectivity index (χ1v) is 6.33. The van der Waals surface area contributed by atoms with Crippen LogP contribution in [0.1, 0.15) is 6.92 Å². The van der Waals surface area contributed by atoms with E-state index in [9.17, 15) is 14.9 Å². The van der Waals surface area contributed by atoms with Crippen LogP contribution in [0.25, 0.3) is 11.5 Å². The molecule has 2 rings (SSSR count). The van der Waals surface area contributed by atoms with Gasteiger partial charge in [0, 0.05) is 6.07 Å². The van der Waals surface area contributed by atoms with Crippen molar-refractivity contribution in [2.24, 2.45) is 0 Å². The first-order chi connectivity index (χ1) is 9.49. The summed E-state index contributed by atoms with van der Waals surface area (Å²) < 4.78 is 5.25. The Hall–Kier alpha value is -2.42. The van der Waals surface area contributed by atoms with Crippen LogP contribution < -0.4 is 0 Å². The van der Waals surface area contributed by atoms with Crippen LogP contribution in [0.2, 0.25) is 0 Å². The van der Waals surface area contributed by atoms with Gasteiger partial charge in [0.2, 0.25) is 0 Å². The van der Waals surface area contributed by atoms with Crippen LogP contribution in [0.15, 0.2) is 33.9 Å². The zero-order valence-electron chi connectivity index (χ0n) is 10.2. The Balaban J connectivity index is 2.30. The monoisotopic (exact) mass is 295 g/mol. The minimum absolute atomic E-state index is 0.0163. The Morgan fingerprint density at radius 2 is 2.15 bits per heavy atom. The molecule has 8 nitrogen and oxygen atoms in total. The smallest absolute Gasteiger partial charge is 0.316 e. The topological polar surface area (TPSA) is 119 Å². The Morgan fingerprint density at radius 3 is 2.80 bits per heavy atom. The average Bonchev–Trinajstić information content (AvgIpc) is 2.87. The highest BCUT2D eigenvalue weighted by atomic mass is 32.2. The van der Waals surface area contributed by atoms with Gasteiger partial charge >= 0.3 is 5.97 Å². The van der Waals surface area contributed by atoms with E-state index in [4.69, 9.17) is 9.52 Å². The van der Waals surface area contributed by atoms with Crippen LogP contribution in [-0.2, 0) is 4.79 Å². The lowest BCUT2D eigenvalue weighted by Gasteiger charge is -2.00. The van der Waals surface area contributed by atoms with Gasteiger partial charge in [0.05, 0.1) is 4.92 Å². The molecule has 104 valence electrons. The summed E-state index contributed by atoms with van der Waals surface area (Å²) in [4.78, 5) is 21.1. The van der Waals surface area contributed by atoms with Crippen LogP contribution in [-0.4, -0.2) is 31.4 Å². The minimum atomic E-state index is -1.01. The second-order valence-electron chi connectivity index (χ2n) is 3.75. The maximum atomic E-state index is 10.9. The highest BCUT2D eigenvalue weighted by molar-refractivity contribution is 8.00. The van der Waals surface area contributed by atoms with E-state index in [1.165, 1.54) is 25.1 Å². The number of hydrogen-bond acceptors (Lipinski definition) is 7. The van der Waals surface area contributed by atoms with Crippen LogP contribution in [0, 0.1) is 10.1 Å². The van der Waals surface area contributed by atoms with Gasteiger partial charge in [-0.25, -0.2) is 0 Å². The maximum absolute atomic E-state index is 10.9. The normalized spacial score (nSPS) is 12.1. The lowest BCUT2D eigenvalue weighted by Crippen LogP contribution is -2.10. The number of nitro benzene ring substituents is 1. The van der Waals surface area contributed by atoms with E-state index in [0.29, 0.717) is 0 Å². The summed E-state index contributed by atoms with van der Waals surface area (Å²) in [7, 11) is 0. The molecule has 0 bridgehead atoms. The Bertz CT molecular complexity index is 657. The molecular weight excluding hydrogens is 286 g/mol. The number of carbonyl (C=O) groups is 1. The van der Waals surface area contributed by atoms with Crippen LogP contribution >= 0.6 is 11.8 Å². The summed E-state index contributed by atoms with van der Waals surface area (Å²) in [5, 5.41) is 26.4. The molecule has 0 amide bonds. The summed E-state index contributed by atoms with van der Waals surface area (Å²) in [6, 6.07) is 5.95. The van der Waals surface area contributed by atoms with E-state index in [0.717, 1.165) is 11.8 Å². The standard InChI is InChI=1S/C11H9N3O5S/c1-6(10(15)16)20-11-13-12-9(19-11)7-4-2-3-5-8(7)14(17)18/h2-6H,1H3,(H,15,16). The highest BCUT2D eigenvalue weighted by Gasteiger charge is 2.21. The fourth-order valence-electron chi connectivity index (χ4n) is 1.38. The molecule has 0 aliphatic rings. The van der Waals surface area contributed by atoms with Crippen LogP contribution in [0.3, 0.4) is 0 Å². The number of carboxylic acid groups (broad SMARTS) is 1. The third-order valence-electron chi connectivity index (χ3n) is 2.36. The van der Waals surface area contributed by atoms with Gasteiger partial charge in [-0.2, -0.15) is 0 Å². The maximum Gasteiger partial charge on any atom is 0.316 e. The van der Waals surface area contributed by atoms with E-state index in [1.807, 2.05) is 0 Å². The molecule has 1 N–H and O–H groups in total. The fourth-order valence-corrected chi connectivity index (χ4v) is 2.00. The molecule has 0 radical (unpaired) electrons. The molecule has 9 heteroatoms. The first-order valence-electron chi connectivity index (χ1n) is 5.46. The van der Waals surface area contributed by atoms with Crippen molar-refractivity contribution >= 4 is 23.4 Å². The van der Waals surface area contributed by atoms with Gasteiger partial charge in [-0.05, 0) is 13.0 Å². The molecule has 1 atom stereocenters. The van der Waals surface area contributed by atoms with E-state index < -0.39 is 16.1 Å². The molecule has 1 aromatic heterocycles. The molecule has 0 saturated carbocycles. The summed E-state index contributed by atoms with van der Waals surface area (Å²) in [6.45, 7) is 1.47. The van der Waals surface area contributed by atoms with Crippen LogP contribution in [0.5, 0.6) is 0 Å². The lowest BCUT2D eigenvalue weighted by molar-refractivity contribution is -0.384. The van der Waals surface area contributed by atoms with Gasteiger partial charge in [0.25, 0.3) is 16.8 Å². The van der Waals surface area contributed by atoms with E-state index in [2.05, 4.69) is 10.2 Å². The first kappa shape index (κ1) is 14.0. The number of aromatic nitrogens is 2. The van der Waals surface area contributed by atoms with Crippen molar-refractivity contribution in [2.45, 2.75) is 17.4 Å². The number of para-hydroxylation sites is 1. The van der Waals surface area contributed by atoms with Gasteiger partial charge in [0.1, 0.15) is 10.8 Å². The molecule has 1 heterocycles. The van der Waals surface area contributed by atoms with Crippen LogP contribution in [0.4, 0.5) is 5.69 Å². The quantitative estimate of drug-likeness (QED) is 0.506. The molecule has 1 aromatic carbocycles. The van der Waals surface area contributed by atoms with E-state index in [1.54, 1.807) is 6.07 Å². The van der Waals surface area contributed by atoms with Crippen molar-refractivity contribution in [3.63, 3.8) is 0 Å². The summed E-state index contributed by atoms with van der Waals surface area (Å²) >= 11 is 0.872. The molecule has 0 fully saturated rings. The lowest BCUT2D eigenvalue weighted by atomic mass is 10.2. The predicted molar refractivity (Wildman–Crippen MR) is 69.3 cm³/mol. The van der Waals surface area contributed by atoms with Gasteiger partial charge in [-0.3, -0.25) is 14.9 Å². The van der Waals surface area contributed by atoms with Crippen molar-refractivity contribution in [1.82, 2.24) is 10.2 Å². The van der Waals surface area contributed by atoms with Crippen molar-refractivity contribution < 1.29 is 19.2 Å². The zero-order valence-corrected chi connectivity index (χ0v) is 11.0. The molecular formula is C11H9N3O5S. The van der Waals surface area contributed by atoms with Crippen molar-refractivity contribution in [1.29, 1.82) is 0 Å². The second-order valence-corrected chi connectivity index (χ2v) is 5.04. The molecule has 1 unspecified atom stereocenters. The van der Waals surface area contributed by atoms with Crippen molar-refractivity contribution in [3.05, 3.63) is 34.4 Å². The molecule has 0 aliphatic heterocycles. The Kier molecular flexibility index (Phi) is 3.99. The number of aliphatic carboxylic acids is 1. The summed E-state index contributed by atoms with van der Waals surface area (Å²) in [6.07, 6.45) is 0. The minimum Gasteiger partial charge on any atom is -0.480 e. The Labute approximate surface area is 117 Å². The van der Waals surface area contributed by atoms with Crippen molar-refractivity contribution in [3.8, 4) is 11.5 Å².